The van der Waals surface area contributed by atoms with Gasteiger partial charge in [0.25, 0.3) is 0 Å². The summed E-state index contributed by atoms with van der Waals surface area (Å²) in [6.45, 7) is 0. The number of nitriles is 1. The Kier molecular flexibility index (Phi) is 1.99. The first-order chi connectivity index (χ1) is 4.33. The summed E-state index contributed by atoms with van der Waals surface area (Å²) in [5, 5.41) is 8.63. The van der Waals surface area contributed by atoms with Gasteiger partial charge in [0.2, 0.25) is 0 Å². The minimum absolute atomic E-state index is 0.454. The Bertz CT molecular complexity index is 134. The highest BCUT2D eigenvalue weighted by Crippen LogP contribution is 2.29. The molecule has 0 radical (unpaired) electrons. The Labute approximate surface area is 59.2 Å². The minimum atomic E-state index is -0.454. The summed E-state index contributed by atoms with van der Waals surface area (Å²) < 4.78 is 5.07. The van der Waals surface area contributed by atoms with Crippen molar-refractivity contribution >= 4 is 11.8 Å². The van der Waals surface area contributed by atoms with Crippen LogP contribution in [0.1, 0.15) is 6.42 Å². The Morgan fingerprint density at radius 2 is 2.56 bits per heavy atom. The summed E-state index contributed by atoms with van der Waals surface area (Å²) in [6.07, 6.45) is 0.880. The third-order valence-electron chi connectivity index (χ3n) is 1.58. The highest BCUT2D eigenvalue weighted by molar-refractivity contribution is 7.99. The molecule has 50 valence electrons. The lowest BCUT2D eigenvalue weighted by atomic mass is 10.1. The molecule has 0 aliphatic carbocycles. The molecule has 1 fully saturated rings. The molecule has 3 heteroatoms. The van der Waals surface area contributed by atoms with Gasteiger partial charge < -0.3 is 4.74 Å². The Balaban J connectivity index is 2.59. The molecule has 1 aliphatic rings. The van der Waals surface area contributed by atoms with Crippen molar-refractivity contribution in [2.75, 3.05) is 18.6 Å². The maximum absolute atomic E-state index is 8.63. The first kappa shape index (κ1) is 6.91. The molecule has 0 saturated carbocycles. The standard InChI is InChI=1S/C6H9NOS/c1-8-6(4-7)2-3-9-5-6/h2-3,5H2,1H3. The van der Waals surface area contributed by atoms with Crippen molar-refractivity contribution in [3.63, 3.8) is 0 Å². The minimum Gasteiger partial charge on any atom is -0.362 e. The average Bonchev–Trinajstić information content (AvgIpc) is 2.36. The molecule has 1 heterocycles. The van der Waals surface area contributed by atoms with E-state index in [1.807, 2.05) is 0 Å². The van der Waals surface area contributed by atoms with Crippen LogP contribution in [0.4, 0.5) is 0 Å². The summed E-state index contributed by atoms with van der Waals surface area (Å²) in [6, 6.07) is 2.18. The molecule has 0 amide bonds. The van der Waals surface area contributed by atoms with Crippen molar-refractivity contribution in [3.05, 3.63) is 0 Å². The third-order valence-corrected chi connectivity index (χ3v) is 2.74. The molecule has 0 N–H and O–H groups in total. The topological polar surface area (TPSA) is 33.0 Å². The van der Waals surface area contributed by atoms with E-state index in [2.05, 4.69) is 6.07 Å². The zero-order valence-electron chi connectivity index (χ0n) is 5.39. The van der Waals surface area contributed by atoms with Crippen molar-refractivity contribution in [2.24, 2.45) is 0 Å². The van der Waals surface area contributed by atoms with Gasteiger partial charge in [-0.2, -0.15) is 17.0 Å². The van der Waals surface area contributed by atoms with E-state index in [-0.39, 0.29) is 0 Å². The van der Waals surface area contributed by atoms with E-state index < -0.39 is 5.60 Å². The van der Waals surface area contributed by atoms with Crippen LogP contribution in [-0.2, 0) is 4.74 Å². The van der Waals surface area contributed by atoms with Gasteiger partial charge in [0, 0.05) is 12.9 Å². The fourth-order valence-corrected chi connectivity index (χ4v) is 2.12. The largest absolute Gasteiger partial charge is 0.362 e. The van der Waals surface area contributed by atoms with E-state index in [0.29, 0.717) is 0 Å². The number of rotatable bonds is 1. The van der Waals surface area contributed by atoms with E-state index in [0.717, 1.165) is 17.9 Å². The summed E-state index contributed by atoms with van der Waals surface area (Å²) in [4.78, 5) is 0. The Hall–Kier alpha value is -0.200. The van der Waals surface area contributed by atoms with Gasteiger partial charge in [0.15, 0.2) is 5.60 Å². The summed E-state index contributed by atoms with van der Waals surface area (Å²) in [5.41, 5.74) is -0.454. The Morgan fingerprint density at radius 1 is 1.78 bits per heavy atom. The van der Waals surface area contributed by atoms with E-state index >= 15 is 0 Å². The number of hydrogen-bond acceptors (Lipinski definition) is 3. The normalized spacial score (nSPS) is 34.2. The molecular weight excluding hydrogens is 134 g/mol. The molecule has 0 spiro atoms. The average molecular weight is 143 g/mol. The van der Waals surface area contributed by atoms with Gasteiger partial charge in [-0.05, 0) is 12.2 Å². The highest BCUT2D eigenvalue weighted by Gasteiger charge is 2.33. The zero-order chi connectivity index (χ0) is 6.74. The summed E-state index contributed by atoms with van der Waals surface area (Å²) in [5.74, 6) is 1.89. The summed E-state index contributed by atoms with van der Waals surface area (Å²) >= 11 is 1.78. The van der Waals surface area contributed by atoms with E-state index in [4.69, 9.17) is 10.00 Å². The van der Waals surface area contributed by atoms with Crippen LogP contribution in [-0.4, -0.2) is 24.2 Å². The van der Waals surface area contributed by atoms with Crippen LogP contribution in [0.2, 0.25) is 0 Å². The van der Waals surface area contributed by atoms with Gasteiger partial charge in [-0.25, -0.2) is 0 Å². The van der Waals surface area contributed by atoms with E-state index in [9.17, 15) is 0 Å². The first-order valence-corrected chi connectivity index (χ1v) is 4.03. The van der Waals surface area contributed by atoms with Crippen LogP contribution in [0.25, 0.3) is 0 Å². The molecule has 1 atom stereocenters. The van der Waals surface area contributed by atoms with Gasteiger partial charge in [-0.3, -0.25) is 0 Å². The van der Waals surface area contributed by atoms with Crippen LogP contribution in [0.5, 0.6) is 0 Å². The predicted octanol–water partition coefficient (Wildman–Crippen LogP) is 1.03. The molecule has 0 bridgehead atoms. The predicted molar refractivity (Wildman–Crippen MR) is 37.3 cm³/mol. The molecule has 1 rings (SSSR count). The lowest BCUT2D eigenvalue weighted by Gasteiger charge is -2.15. The van der Waals surface area contributed by atoms with Gasteiger partial charge in [0.1, 0.15) is 0 Å². The molecular formula is C6H9NOS. The van der Waals surface area contributed by atoms with Crippen molar-refractivity contribution < 1.29 is 4.74 Å². The van der Waals surface area contributed by atoms with Crippen molar-refractivity contribution in [2.45, 2.75) is 12.0 Å². The fourth-order valence-electron chi connectivity index (χ4n) is 0.841. The molecule has 0 aromatic rings. The van der Waals surface area contributed by atoms with Crippen LogP contribution in [0.15, 0.2) is 0 Å². The molecule has 1 saturated heterocycles. The highest BCUT2D eigenvalue weighted by atomic mass is 32.2. The summed E-state index contributed by atoms with van der Waals surface area (Å²) in [7, 11) is 1.61. The molecule has 1 unspecified atom stereocenters. The van der Waals surface area contributed by atoms with Crippen LogP contribution < -0.4 is 0 Å². The maximum atomic E-state index is 8.63. The third kappa shape index (κ3) is 1.20. The second-order valence-electron chi connectivity index (χ2n) is 2.11. The van der Waals surface area contributed by atoms with E-state index in [1.165, 1.54) is 0 Å². The second kappa shape index (κ2) is 2.59. The SMILES string of the molecule is COC1(C#N)CCSC1. The lowest BCUT2D eigenvalue weighted by Crippen LogP contribution is -2.28. The van der Waals surface area contributed by atoms with Crippen LogP contribution >= 0.6 is 11.8 Å². The quantitative estimate of drug-likeness (QED) is 0.549. The Morgan fingerprint density at radius 3 is 2.78 bits per heavy atom. The molecule has 9 heavy (non-hydrogen) atoms. The monoisotopic (exact) mass is 143 g/mol. The number of nitrogens with zero attached hydrogens (tertiary/aromatic N) is 1. The first-order valence-electron chi connectivity index (χ1n) is 2.87. The van der Waals surface area contributed by atoms with Crippen molar-refractivity contribution in [1.29, 1.82) is 5.26 Å². The smallest absolute Gasteiger partial charge is 0.163 e. The molecule has 2 nitrogen and oxygen atoms in total. The lowest BCUT2D eigenvalue weighted by molar-refractivity contribution is 0.0624. The molecule has 0 aromatic heterocycles. The van der Waals surface area contributed by atoms with E-state index in [1.54, 1.807) is 18.9 Å². The number of hydrogen-bond donors (Lipinski definition) is 0. The fraction of sp³-hybridized carbons (Fsp3) is 0.833. The van der Waals surface area contributed by atoms with Gasteiger partial charge in [-0.15, -0.1) is 0 Å². The van der Waals surface area contributed by atoms with Gasteiger partial charge in [-0.1, -0.05) is 0 Å². The van der Waals surface area contributed by atoms with Crippen LogP contribution in [0.3, 0.4) is 0 Å². The zero-order valence-corrected chi connectivity index (χ0v) is 6.20. The molecule has 0 aromatic carbocycles. The maximum Gasteiger partial charge on any atom is 0.163 e. The molecule has 1 aliphatic heterocycles. The number of thioether (sulfide) groups is 1. The van der Waals surface area contributed by atoms with Crippen molar-refractivity contribution in [3.8, 4) is 6.07 Å². The van der Waals surface area contributed by atoms with Crippen molar-refractivity contribution in [1.82, 2.24) is 0 Å². The van der Waals surface area contributed by atoms with Gasteiger partial charge in [0.05, 0.1) is 6.07 Å². The second-order valence-corrected chi connectivity index (χ2v) is 3.22. The number of methoxy groups -OCH3 is 1. The van der Waals surface area contributed by atoms with Gasteiger partial charge >= 0.3 is 0 Å². The number of ether oxygens (including phenoxy) is 1. The van der Waals surface area contributed by atoms with Crippen LogP contribution in [0, 0.1) is 11.3 Å².